The number of carbonyl (C=O) groups is 1. The first kappa shape index (κ1) is 30.8. The first-order chi connectivity index (χ1) is 21.6. The van der Waals surface area contributed by atoms with E-state index in [0.29, 0.717) is 33.1 Å². The Morgan fingerprint density at radius 1 is 1.04 bits per heavy atom. The summed E-state index contributed by atoms with van der Waals surface area (Å²) in [6.07, 6.45) is 1.98. The van der Waals surface area contributed by atoms with Crippen molar-refractivity contribution in [3.63, 3.8) is 0 Å². The molecule has 0 unspecified atom stereocenters. The number of halogens is 1. The number of hydrogen-bond acceptors (Lipinski definition) is 5. The Bertz CT molecular complexity index is 2170. The molecule has 3 aromatic carbocycles. The van der Waals surface area contributed by atoms with Gasteiger partial charge in [-0.15, -0.1) is 0 Å². The Balaban J connectivity index is 1.56. The van der Waals surface area contributed by atoms with Crippen LogP contribution in [0.3, 0.4) is 0 Å². The molecule has 2 aromatic heterocycles. The van der Waals surface area contributed by atoms with Gasteiger partial charge < -0.3 is 9.30 Å². The number of fused-ring (bicyclic) bond motifs is 2. The van der Waals surface area contributed by atoms with Crippen LogP contribution in [-0.2, 0) is 16.1 Å². The molecular weight excluding hydrogens is 602 g/mol. The van der Waals surface area contributed by atoms with Gasteiger partial charge in [-0.05, 0) is 68.0 Å². The van der Waals surface area contributed by atoms with Gasteiger partial charge in [-0.1, -0.05) is 97.4 Å². The molecule has 0 N–H and O–H groups in total. The highest BCUT2D eigenvalue weighted by molar-refractivity contribution is 7.07. The summed E-state index contributed by atoms with van der Waals surface area (Å²) in [7, 11) is 0. The summed E-state index contributed by atoms with van der Waals surface area (Å²) in [6, 6.07) is 21.6. The Hall–Kier alpha value is -4.20. The van der Waals surface area contributed by atoms with Crippen molar-refractivity contribution in [2.75, 3.05) is 6.61 Å². The average Bonchev–Trinajstić information content (AvgIpc) is 3.46. The van der Waals surface area contributed by atoms with Gasteiger partial charge in [0.1, 0.15) is 0 Å². The van der Waals surface area contributed by atoms with E-state index in [-0.39, 0.29) is 12.2 Å². The van der Waals surface area contributed by atoms with Gasteiger partial charge >= 0.3 is 5.97 Å². The van der Waals surface area contributed by atoms with E-state index in [4.69, 9.17) is 21.3 Å². The van der Waals surface area contributed by atoms with Gasteiger partial charge in [0.05, 0.1) is 34.0 Å². The highest BCUT2D eigenvalue weighted by atomic mass is 35.5. The third kappa shape index (κ3) is 5.49. The van der Waals surface area contributed by atoms with E-state index in [1.807, 2.05) is 55.5 Å². The van der Waals surface area contributed by atoms with Crippen molar-refractivity contribution in [1.29, 1.82) is 0 Å². The number of para-hydroxylation sites is 1. The smallest absolute Gasteiger partial charge is 0.338 e. The number of aromatic nitrogens is 2. The van der Waals surface area contributed by atoms with Gasteiger partial charge in [-0.25, -0.2) is 9.79 Å². The molecule has 0 bridgehead atoms. The number of benzene rings is 3. The molecule has 5 aromatic rings. The van der Waals surface area contributed by atoms with Crippen LogP contribution in [0.1, 0.15) is 73.2 Å². The summed E-state index contributed by atoms with van der Waals surface area (Å²) in [5.74, 6) is -0.102. The van der Waals surface area contributed by atoms with Crippen LogP contribution < -0.4 is 14.9 Å². The third-order valence-corrected chi connectivity index (χ3v) is 9.94. The van der Waals surface area contributed by atoms with E-state index in [0.717, 1.165) is 43.9 Å². The summed E-state index contributed by atoms with van der Waals surface area (Å²) in [5, 5.41) is 1.78. The van der Waals surface area contributed by atoms with E-state index in [2.05, 4.69) is 56.5 Å². The monoisotopic (exact) mass is 637 g/mol. The van der Waals surface area contributed by atoms with E-state index >= 15 is 0 Å². The number of aryl methyl sites for hydroxylation is 1. The third-order valence-electron chi connectivity index (χ3n) is 8.59. The van der Waals surface area contributed by atoms with E-state index in [1.165, 1.54) is 16.9 Å². The molecule has 8 heteroatoms. The zero-order valence-corrected chi connectivity index (χ0v) is 27.9. The molecule has 0 radical (unpaired) electrons. The second kappa shape index (κ2) is 12.3. The van der Waals surface area contributed by atoms with Crippen molar-refractivity contribution in [3.8, 4) is 0 Å². The molecule has 0 aliphatic carbocycles. The predicted molar refractivity (Wildman–Crippen MR) is 183 cm³/mol. The number of carbonyl (C=O) groups excluding carboxylic acids is 1. The van der Waals surface area contributed by atoms with Crippen molar-refractivity contribution in [2.45, 2.75) is 60.0 Å². The van der Waals surface area contributed by atoms with E-state index in [9.17, 15) is 9.59 Å². The highest BCUT2D eigenvalue weighted by Crippen LogP contribution is 2.33. The van der Waals surface area contributed by atoms with Crippen LogP contribution >= 0.6 is 22.9 Å². The predicted octanol–water partition coefficient (Wildman–Crippen LogP) is 7.19. The molecule has 0 amide bonds. The van der Waals surface area contributed by atoms with E-state index in [1.54, 1.807) is 11.5 Å². The molecule has 0 saturated heterocycles. The maximum Gasteiger partial charge on any atom is 0.338 e. The first-order valence-electron chi connectivity index (χ1n) is 15.2. The lowest BCUT2D eigenvalue weighted by Crippen LogP contribution is -2.40. The van der Waals surface area contributed by atoms with Crippen LogP contribution in [0.2, 0.25) is 5.02 Å². The second-order valence-electron chi connectivity index (χ2n) is 11.8. The summed E-state index contributed by atoms with van der Waals surface area (Å²) in [4.78, 5) is 33.0. The van der Waals surface area contributed by atoms with Crippen molar-refractivity contribution >= 4 is 45.9 Å². The Labute approximate surface area is 271 Å². The first-order valence-corrected chi connectivity index (χ1v) is 16.4. The minimum absolute atomic E-state index is 0.190. The lowest BCUT2D eigenvalue weighted by atomic mass is 9.93. The number of esters is 1. The number of ether oxygens (including phenoxy) is 1. The number of allylic oxidation sites excluding steroid dienone is 1. The summed E-state index contributed by atoms with van der Waals surface area (Å²) >= 11 is 7.92. The number of thiazole rings is 1. The molecule has 6 nitrogen and oxygen atoms in total. The molecule has 0 saturated carbocycles. The normalized spacial score (nSPS) is 15.1. The van der Waals surface area contributed by atoms with Crippen molar-refractivity contribution in [3.05, 3.63) is 136 Å². The van der Waals surface area contributed by atoms with Crippen LogP contribution in [-0.4, -0.2) is 21.7 Å². The van der Waals surface area contributed by atoms with Crippen molar-refractivity contribution < 1.29 is 9.53 Å². The summed E-state index contributed by atoms with van der Waals surface area (Å²) in [5.41, 5.74) is 8.07. The van der Waals surface area contributed by atoms with Crippen LogP contribution in [0.25, 0.3) is 17.0 Å². The molecule has 0 spiro atoms. The molecule has 230 valence electrons. The van der Waals surface area contributed by atoms with Gasteiger partial charge in [0.2, 0.25) is 0 Å². The van der Waals surface area contributed by atoms with Crippen LogP contribution in [0, 0.1) is 13.8 Å². The summed E-state index contributed by atoms with van der Waals surface area (Å²) in [6.45, 7) is 12.9. The molecule has 1 aliphatic rings. The zero-order chi connectivity index (χ0) is 32.0. The quantitative estimate of drug-likeness (QED) is 0.177. The number of rotatable bonds is 7. The topological polar surface area (TPSA) is 65.6 Å². The fraction of sp³-hybridized carbons (Fsp3) is 0.270. The van der Waals surface area contributed by atoms with Crippen molar-refractivity contribution in [2.24, 2.45) is 4.99 Å². The Morgan fingerprint density at radius 2 is 1.78 bits per heavy atom. The molecule has 3 heterocycles. The van der Waals surface area contributed by atoms with E-state index < -0.39 is 12.0 Å². The van der Waals surface area contributed by atoms with Crippen LogP contribution in [0.5, 0.6) is 0 Å². The SMILES string of the molecule is CCOC(=O)C1=C(C)N=c2s/c(=C\c3c(C)n(Cc4ccccc4Cl)c4c(C)cccc34)c(=O)n2[C@@H]1c1ccc(C(C)C)cc1. The van der Waals surface area contributed by atoms with Gasteiger partial charge in [0.15, 0.2) is 4.80 Å². The number of hydrogen-bond donors (Lipinski definition) is 0. The largest absolute Gasteiger partial charge is 0.463 e. The minimum Gasteiger partial charge on any atom is -0.463 e. The van der Waals surface area contributed by atoms with Gasteiger partial charge in [-0.3, -0.25) is 9.36 Å². The molecule has 1 atom stereocenters. The highest BCUT2D eigenvalue weighted by Gasteiger charge is 2.33. The van der Waals surface area contributed by atoms with Crippen LogP contribution in [0.15, 0.2) is 87.8 Å². The van der Waals surface area contributed by atoms with Gasteiger partial charge in [0, 0.05) is 28.2 Å². The fourth-order valence-corrected chi connectivity index (χ4v) is 7.44. The number of nitrogens with zero attached hydrogens (tertiary/aromatic N) is 3. The average molecular weight is 638 g/mol. The molecule has 1 aliphatic heterocycles. The van der Waals surface area contributed by atoms with Gasteiger partial charge in [-0.2, -0.15) is 0 Å². The second-order valence-corrected chi connectivity index (χ2v) is 13.2. The standard InChI is InChI=1S/C37H36ClN3O3S/c1-7-44-36(43)32-23(5)39-37-41(34(32)26-17-15-25(16-18-26)21(2)3)35(42)31(45-37)19-29-24(6)40(20-27-12-8-9-14-30(27)38)33-22(4)11-10-13-28(29)33/h8-19,21,34H,7,20H2,1-6H3/b31-19-/t34-/m1/s1. The Morgan fingerprint density at radius 3 is 2.47 bits per heavy atom. The Kier molecular flexibility index (Phi) is 8.42. The van der Waals surface area contributed by atoms with Crippen LogP contribution in [0.4, 0.5) is 0 Å². The lowest BCUT2D eigenvalue weighted by molar-refractivity contribution is -0.139. The molecule has 45 heavy (non-hydrogen) atoms. The lowest BCUT2D eigenvalue weighted by Gasteiger charge is -2.25. The van der Waals surface area contributed by atoms with Crippen molar-refractivity contribution in [1.82, 2.24) is 9.13 Å². The molecule has 0 fully saturated rings. The fourth-order valence-electron chi connectivity index (χ4n) is 6.22. The molecular formula is C37H36ClN3O3S. The molecule has 6 rings (SSSR count). The minimum atomic E-state index is -0.645. The van der Waals surface area contributed by atoms with Gasteiger partial charge in [0.25, 0.3) is 5.56 Å². The zero-order valence-electron chi connectivity index (χ0n) is 26.3. The maximum atomic E-state index is 14.3. The summed E-state index contributed by atoms with van der Waals surface area (Å²) < 4.78 is 9.95. The maximum absolute atomic E-state index is 14.3.